The molecule has 0 aliphatic carbocycles. The average Bonchev–Trinajstić information content (AvgIpc) is 2.88. The number of hydrogen-bond donors (Lipinski definition) is 0. The first-order valence-electron chi connectivity index (χ1n) is 7.18. The molecule has 1 aliphatic rings. The Kier molecular flexibility index (Phi) is 5.38. The molecule has 2 rings (SSSR count). The van der Waals surface area contributed by atoms with E-state index >= 15 is 0 Å². The zero-order valence-electron chi connectivity index (χ0n) is 12.4. The van der Waals surface area contributed by atoms with Crippen LogP contribution in [0.5, 0.6) is 0 Å². The van der Waals surface area contributed by atoms with E-state index in [0.717, 1.165) is 5.56 Å². The third-order valence-electron chi connectivity index (χ3n) is 3.66. The molecule has 2 amide bonds. The molecule has 0 N–H and O–H groups in total. The summed E-state index contributed by atoms with van der Waals surface area (Å²) in [6.45, 7) is 2.17. The lowest BCUT2D eigenvalue weighted by atomic mass is 10.0. The van der Waals surface area contributed by atoms with Crippen molar-refractivity contribution in [3.8, 4) is 0 Å². The van der Waals surface area contributed by atoms with E-state index in [4.69, 9.17) is 10.3 Å². The number of carbonyl (C=O) groups excluding carboxylic acids is 2. The number of carbonyl (C=O) groups is 2. The number of rotatable bonds is 6. The first kappa shape index (κ1) is 15.9. The quantitative estimate of drug-likeness (QED) is 0.459. The minimum Gasteiger partial charge on any atom is -0.447 e. The van der Waals surface area contributed by atoms with Crippen LogP contribution in [0.1, 0.15) is 18.9 Å². The zero-order chi connectivity index (χ0) is 15.9. The standard InChI is InChI=1S/C15H18N4O3/c1-11(7-8-17-18-16)14(20)19-13(10-22-15(19)21)9-12-5-3-2-4-6-12/h2-6,11,13H,7-10H2,1H3. The minimum absolute atomic E-state index is 0.211. The molecule has 0 radical (unpaired) electrons. The van der Waals surface area contributed by atoms with Gasteiger partial charge in [0.1, 0.15) is 6.61 Å². The van der Waals surface area contributed by atoms with Gasteiger partial charge in [0.25, 0.3) is 0 Å². The fourth-order valence-corrected chi connectivity index (χ4v) is 2.42. The summed E-state index contributed by atoms with van der Waals surface area (Å²) in [7, 11) is 0. The van der Waals surface area contributed by atoms with E-state index in [1.165, 1.54) is 4.90 Å². The summed E-state index contributed by atoms with van der Waals surface area (Å²) < 4.78 is 5.03. The predicted molar refractivity (Wildman–Crippen MR) is 79.9 cm³/mol. The Labute approximate surface area is 128 Å². The van der Waals surface area contributed by atoms with Crippen molar-refractivity contribution < 1.29 is 14.3 Å². The lowest BCUT2D eigenvalue weighted by Gasteiger charge is -2.22. The fraction of sp³-hybridized carbons (Fsp3) is 0.467. The molecule has 7 nitrogen and oxygen atoms in total. The summed E-state index contributed by atoms with van der Waals surface area (Å²) in [6, 6.07) is 9.38. The SMILES string of the molecule is CC(CCN=[N+]=[N-])C(=O)N1C(=O)OCC1Cc1ccccc1. The van der Waals surface area contributed by atoms with Gasteiger partial charge in [0.2, 0.25) is 5.91 Å². The molecule has 0 spiro atoms. The number of nitrogens with zero attached hydrogens (tertiary/aromatic N) is 4. The van der Waals surface area contributed by atoms with Crippen LogP contribution in [0.25, 0.3) is 10.4 Å². The summed E-state index contributed by atoms with van der Waals surface area (Å²) in [6.07, 6.45) is 0.383. The van der Waals surface area contributed by atoms with Gasteiger partial charge in [0.15, 0.2) is 0 Å². The maximum atomic E-state index is 12.4. The van der Waals surface area contributed by atoms with E-state index < -0.39 is 12.0 Å². The maximum absolute atomic E-state index is 12.4. The first-order chi connectivity index (χ1) is 10.6. The minimum atomic E-state index is -0.596. The molecule has 1 aromatic carbocycles. The number of cyclic esters (lactones) is 1. The molecule has 0 bridgehead atoms. The summed E-state index contributed by atoms with van der Waals surface area (Å²) >= 11 is 0. The number of hydrogen-bond acceptors (Lipinski definition) is 4. The molecule has 2 unspecified atom stereocenters. The molecule has 1 fully saturated rings. The highest BCUT2D eigenvalue weighted by molar-refractivity contribution is 5.94. The van der Waals surface area contributed by atoms with Gasteiger partial charge in [-0.1, -0.05) is 42.4 Å². The molecule has 2 atom stereocenters. The first-order valence-corrected chi connectivity index (χ1v) is 7.18. The van der Waals surface area contributed by atoms with Crippen molar-refractivity contribution in [2.24, 2.45) is 11.0 Å². The third kappa shape index (κ3) is 3.77. The van der Waals surface area contributed by atoms with Crippen LogP contribution in [0.3, 0.4) is 0 Å². The molecule has 22 heavy (non-hydrogen) atoms. The van der Waals surface area contributed by atoms with Crippen LogP contribution in [0, 0.1) is 5.92 Å². The second-order valence-corrected chi connectivity index (χ2v) is 5.27. The molecular weight excluding hydrogens is 284 g/mol. The highest BCUT2D eigenvalue weighted by Gasteiger charge is 2.39. The van der Waals surface area contributed by atoms with Crippen molar-refractivity contribution in [1.82, 2.24) is 4.90 Å². The van der Waals surface area contributed by atoms with Gasteiger partial charge in [0, 0.05) is 17.4 Å². The van der Waals surface area contributed by atoms with Crippen molar-refractivity contribution in [3.05, 3.63) is 46.3 Å². The van der Waals surface area contributed by atoms with Crippen molar-refractivity contribution >= 4 is 12.0 Å². The largest absolute Gasteiger partial charge is 0.447 e. The molecule has 7 heteroatoms. The lowest BCUT2D eigenvalue weighted by Crippen LogP contribution is -2.43. The van der Waals surface area contributed by atoms with Crippen LogP contribution in [-0.2, 0) is 16.0 Å². The van der Waals surface area contributed by atoms with Gasteiger partial charge < -0.3 is 4.74 Å². The van der Waals surface area contributed by atoms with Crippen molar-refractivity contribution in [3.63, 3.8) is 0 Å². The fourth-order valence-electron chi connectivity index (χ4n) is 2.42. The molecule has 0 aromatic heterocycles. The number of ether oxygens (including phenoxy) is 1. The number of benzene rings is 1. The van der Waals surface area contributed by atoms with Crippen LogP contribution in [0.15, 0.2) is 35.4 Å². The Morgan fingerprint density at radius 2 is 2.23 bits per heavy atom. The third-order valence-corrected chi connectivity index (χ3v) is 3.66. The topological polar surface area (TPSA) is 95.4 Å². The summed E-state index contributed by atoms with van der Waals surface area (Å²) in [5, 5.41) is 3.42. The van der Waals surface area contributed by atoms with Crippen molar-refractivity contribution in [2.45, 2.75) is 25.8 Å². The summed E-state index contributed by atoms with van der Waals surface area (Å²) in [5.41, 5.74) is 9.31. The number of azide groups is 1. The van der Waals surface area contributed by atoms with Gasteiger partial charge in [0.05, 0.1) is 6.04 Å². The van der Waals surface area contributed by atoms with E-state index in [1.807, 2.05) is 30.3 Å². The van der Waals surface area contributed by atoms with Gasteiger partial charge in [-0.05, 0) is 23.9 Å². The Hall–Kier alpha value is -2.53. The van der Waals surface area contributed by atoms with Gasteiger partial charge in [-0.3, -0.25) is 4.79 Å². The molecule has 116 valence electrons. The normalized spacial score (nSPS) is 18.5. The lowest BCUT2D eigenvalue weighted by molar-refractivity contribution is -0.133. The van der Waals surface area contributed by atoms with E-state index in [2.05, 4.69) is 10.0 Å². The monoisotopic (exact) mass is 302 g/mol. The van der Waals surface area contributed by atoms with Gasteiger partial charge >= 0.3 is 6.09 Å². The Morgan fingerprint density at radius 3 is 2.91 bits per heavy atom. The summed E-state index contributed by atoms with van der Waals surface area (Å²) in [4.78, 5) is 28.2. The van der Waals surface area contributed by atoms with Gasteiger partial charge in [-0.15, -0.1) is 0 Å². The van der Waals surface area contributed by atoms with Crippen LogP contribution in [-0.4, -0.2) is 36.1 Å². The number of imide groups is 1. The molecule has 1 heterocycles. The van der Waals surface area contributed by atoms with E-state index in [9.17, 15) is 9.59 Å². The van der Waals surface area contributed by atoms with Crippen LogP contribution in [0.4, 0.5) is 4.79 Å². The second-order valence-electron chi connectivity index (χ2n) is 5.27. The van der Waals surface area contributed by atoms with Crippen LogP contribution < -0.4 is 0 Å². The summed E-state index contributed by atoms with van der Waals surface area (Å²) in [5.74, 6) is -0.675. The molecule has 1 aromatic rings. The maximum Gasteiger partial charge on any atom is 0.416 e. The Balaban J connectivity index is 2.03. The zero-order valence-corrected chi connectivity index (χ0v) is 12.4. The van der Waals surface area contributed by atoms with E-state index in [0.29, 0.717) is 12.8 Å². The highest BCUT2D eigenvalue weighted by atomic mass is 16.6. The van der Waals surface area contributed by atoms with Crippen molar-refractivity contribution in [2.75, 3.05) is 13.2 Å². The Morgan fingerprint density at radius 1 is 1.50 bits per heavy atom. The Bertz CT molecular complexity index is 584. The predicted octanol–water partition coefficient (Wildman–Crippen LogP) is 2.91. The average molecular weight is 302 g/mol. The van der Waals surface area contributed by atoms with Gasteiger partial charge in [-0.25, -0.2) is 9.69 Å². The van der Waals surface area contributed by atoms with E-state index in [1.54, 1.807) is 6.92 Å². The molecular formula is C15H18N4O3. The molecule has 1 saturated heterocycles. The second kappa shape index (κ2) is 7.47. The smallest absolute Gasteiger partial charge is 0.416 e. The van der Waals surface area contributed by atoms with E-state index in [-0.39, 0.29) is 25.1 Å². The molecule has 1 aliphatic heterocycles. The van der Waals surface area contributed by atoms with Crippen LogP contribution in [0.2, 0.25) is 0 Å². The van der Waals surface area contributed by atoms with Crippen LogP contribution >= 0.6 is 0 Å². The highest BCUT2D eigenvalue weighted by Crippen LogP contribution is 2.21. The van der Waals surface area contributed by atoms with Gasteiger partial charge in [-0.2, -0.15) is 0 Å². The molecule has 0 saturated carbocycles. The number of amides is 2. The van der Waals surface area contributed by atoms with Crippen molar-refractivity contribution in [1.29, 1.82) is 0 Å².